The Bertz CT molecular complexity index is 65.2. The van der Waals surface area contributed by atoms with Crippen LogP contribution in [-0.2, 0) is 0 Å². The van der Waals surface area contributed by atoms with E-state index in [-0.39, 0.29) is 13.2 Å². The Morgan fingerprint density at radius 1 is 1.56 bits per heavy atom. The van der Waals surface area contributed by atoms with Gasteiger partial charge >= 0.3 is 6.09 Å². The number of aliphatic hydroxyl groups is 1. The molecule has 0 aromatic carbocycles. The number of nitrogens with one attached hydrogen (secondary N) is 1. The van der Waals surface area contributed by atoms with Crippen molar-refractivity contribution in [3.63, 3.8) is 0 Å². The first kappa shape index (κ1) is 11.1. The highest BCUT2D eigenvalue weighted by atomic mass is 16.4. The topological polar surface area (TPSA) is 69.6 Å². The van der Waals surface area contributed by atoms with Gasteiger partial charge in [0.1, 0.15) is 0 Å². The van der Waals surface area contributed by atoms with E-state index in [0.717, 1.165) is 0 Å². The van der Waals surface area contributed by atoms with Crippen molar-refractivity contribution in [3.8, 4) is 0 Å². The van der Waals surface area contributed by atoms with Gasteiger partial charge in [0, 0.05) is 6.54 Å². The van der Waals surface area contributed by atoms with E-state index in [1.807, 2.05) is 19.2 Å². The van der Waals surface area contributed by atoms with Crippen LogP contribution in [0, 0.1) is 0 Å². The van der Waals surface area contributed by atoms with Gasteiger partial charge in [-0.2, -0.15) is 0 Å². The van der Waals surface area contributed by atoms with Gasteiger partial charge in [-0.15, -0.1) is 0 Å². The van der Waals surface area contributed by atoms with E-state index in [4.69, 9.17) is 10.2 Å². The van der Waals surface area contributed by atoms with Crippen LogP contribution in [0.25, 0.3) is 0 Å². The predicted molar refractivity (Wildman–Crippen MR) is 34.5 cm³/mol. The van der Waals surface area contributed by atoms with Gasteiger partial charge in [-0.05, 0) is 0 Å². The molecule has 56 valence electrons. The second-order valence-electron chi connectivity index (χ2n) is 0.956. The molecule has 0 unspecified atom stereocenters. The molecule has 9 heavy (non-hydrogen) atoms. The van der Waals surface area contributed by atoms with E-state index < -0.39 is 6.09 Å². The summed E-state index contributed by atoms with van der Waals surface area (Å²) in [7, 11) is 0. The lowest BCUT2D eigenvalue weighted by molar-refractivity contribution is 0.190. The Labute approximate surface area is 54.5 Å². The van der Waals surface area contributed by atoms with Crippen molar-refractivity contribution in [2.75, 3.05) is 13.2 Å². The summed E-state index contributed by atoms with van der Waals surface area (Å²) in [4.78, 5) is 9.54. The lowest BCUT2D eigenvalue weighted by Crippen LogP contribution is -2.23. The first-order valence-corrected chi connectivity index (χ1v) is 2.85. The summed E-state index contributed by atoms with van der Waals surface area (Å²) in [6.45, 7) is 3.96. The van der Waals surface area contributed by atoms with Gasteiger partial charge in [-0.3, -0.25) is 0 Å². The van der Waals surface area contributed by atoms with Gasteiger partial charge in [0.15, 0.2) is 0 Å². The van der Waals surface area contributed by atoms with Crippen LogP contribution in [0.15, 0.2) is 0 Å². The average Bonchev–Trinajstić information content (AvgIpc) is 1.88. The van der Waals surface area contributed by atoms with E-state index in [2.05, 4.69) is 0 Å². The SMILES string of the molecule is CC.O=C(O)NCCO. The third-order valence-electron chi connectivity index (χ3n) is 0.388. The van der Waals surface area contributed by atoms with Crippen LogP contribution in [0.3, 0.4) is 0 Å². The first-order valence-electron chi connectivity index (χ1n) is 2.85. The summed E-state index contributed by atoms with van der Waals surface area (Å²) in [5.41, 5.74) is 0. The zero-order valence-corrected chi connectivity index (χ0v) is 5.72. The zero-order chi connectivity index (χ0) is 7.70. The quantitative estimate of drug-likeness (QED) is 0.509. The van der Waals surface area contributed by atoms with Crippen molar-refractivity contribution in [2.24, 2.45) is 0 Å². The summed E-state index contributed by atoms with van der Waals surface area (Å²) >= 11 is 0. The molecule has 0 atom stereocenters. The smallest absolute Gasteiger partial charge is 0.404 e. The van der Waals surface area contributed by atoms with Crippen LogP contribution in [0.1, 0.15) is 13.8 Å². The summed E-state index contributed by atoms with van der Waals surface area (Å²) in [5, 5.41) is 17.8. The van der Waals surface area contributed by atoms with Crippen LogP contribution in [-0.4, -0.2) is 29.5 Å². The van der Waals surface area contributed by atoms with E-state index in [1.54, 1.807) is 0 Å². The Balaban J connectivity index is 0. The monoisotopic (exact) mass is 135 g/mol. The minimum Gasteiger partial charge on any atom is -0.465 e. The molecule has 4 heteroatoms. The normalized spacial score (nSPS) is 7.00. The minimum atomic E-state index is -1.10. The van der Waals surface area contributed by atoms with Gasteiger partial charge in [-0.1, -0.05) is 13.8 Å². The number of hydrogen-bond donors (Lipinski definition) is 3. The molecule has 0 aliphatic carbocycles. The van der Waals surface area contributed by atoms with Gasteiger partial charge in [0.2, 0.25) is 0 Å². The number of hydrogen-bond acceptors (Lipinski definition) is 2. The fourth-order valence-electron chi connectivity index (χ4n) is 0.163. The second kappa shape index (κ2) is 10.3. The number of amides is 1. The first-order chi connectivity index (χ1) is 4.27. The molecule has 0 aromatic rings. The Morgan fingerprint density at radius 3 is 2.11 bits per heavy atom. The molecular formula is C5H13NO3. The summed E-state index contributed by atoms with van der Waals surface area (Å²) in [5.74, 6) is 0. The average molecular weight is 135 g/mol. The third kappa shape index (κ3) is 19.0. The Morgan fingerprint density at radius 2 is 2.00 bits per heavy atom. The summed E-state index contributed by atoms with van der Waals surface area (Å²) in [6, 6.07) is 0. The summed E-state index contributed by atoms with van der Waals surface area (Å²) in [6.07, 6.45) is -1.10. The molecule has 0 fully saturated rings. The molecule has 0 heterocycles. The number of carboxylic acid groups (broad SMARTS) is 1. The van der Waals surface area contributed by atoms with E-state index in [1.165, 1.54) is 0 Å². The molecule has 0 spiro atoms. The molecule has 0 bridgehead atoms. The highest BCUT2D eigenvalue weighted by Gasteiger charge is 1.87. The van der Waals surface area contributed by atoms with E-state index in [0.29, 0.717) is 0 Å². The van der Waals surface area contributed by atoms with Gasteiger partial charge in [-0.25, -0.2) is 4.79 Å². The van der Waals surface area contributed by atoms with Gasteiger partial charge in [0.25, 0.3) is 0 Å². The molecule has 3 N–H and O–H groups in total. The Kier molecular flexibility index (Phi) is 12.6. The molecule has 1 amide bonds. The van der Waals surface area contributed by atoms with Crippen molar-refractivity contribution >= 4 is 6.09 Å². The maximum atomic E-state index is 9.54. The molecule has 0 aliphatic heterocycles. The van der Waals surface area contributed by atoms with Crippen LogP contribution in [0.5, 0.6) is 0 Å². The van der Waals surface area contributed by atoms with Crippen molar-refractivity contribution < 1.29 is 15.0 Å². The maximum absolute atomic E-state index is 9.54. The molecule has 0 saturated heterocycles. The van der Waals surface area contributed by atoms with Crippen molar-refractivity contribution in [1.29, 1.82) is 0 Å². The minimum absolute atomic E-state index is 0.106. The van der Waals surface area contributed by atoms with Crippen LogP contribution >= 0.6 is 0 Å². The second-order valence-corrected chi connectivity index (χ2v) is 0.956. The molecule has 0 aromatic heterocycles. The Hall–Kier alpha value is -0.770. The molecule has 0 rings (SSSR count). The largest absolute Gasteiger partial charge is 0.465 e. The van der Waals surface area contributed by atoms with E-state index in [9.17, 15) is 4.79 Å². The fraction of sp³-hybridized carbons (Fsp3) is 0.800. The highest BCUT2D eigenvalue weighted by Crippen LogP contribution is 1.56. The van der Waals surface area contributed by atoms with Crippen LogP contribution < -0.4 is 5.32 Å². The predicted octanol–water partition coefficient (Wildman–Crippen LogP) is 0.273. The zero-order valence-electron chi connectivity index (χ0n) is 5.72. The standard InChI is InChI=1S/C3H7NO3.C2H6/c5-2-1-4-3(6)7;1-2/h4-5H,1-2H2,(H,6,7);1-2H3. The van der Waals surface area contributed by atoms with Crippen molar-refractivity contribution in [1.82, 2.24) is 5.32 Å². The van der Waals surface area contributed by atoms with Gasteiger partial charge in [0.05, 0.1) is 6.61 Å². The third-order valence-corrected chi connectivity index (χ3v) is 0.388. The molecular weight excluding hydrogens is 122 g/mol. The lowest BCUT2D eigenvalue weighted by Gasteiger charge is -1.91. The number of carbonyl (C=O) groups is 1. The van der Waals surface area contributed by atoms with Crippen molar-refractivity contribution in [2.45, 2.75) is 13.8 Å². The van der Waals surface area contributed by atoms with Crippen molar-refractivity contribution in [3.05, 3.63) is 0 Å². The maximum Gasteiger partial charge on any atom is 0.404 e. The molecule has 0 aliphatic rings. The molecule has 4 nitrogen and oxygen atoms in total. The van der Waals surface area contributed by atoms with Crippen LogP contribution in [0.2, 0.25) is 0 Å². The number of aliphatic hydroxyl groups excluding tert-OH is 1. The molecule has 0 radical (unpaired) electrons. The van der Waals surface area contributed by atoms with E-state index >= 15 is 0 Å². The highest BCUT2D eigenvalue weighted by molar-refractivity contribution is 5.64. The van der Waals surface area contributed by atoms with Gasteiger partial charge < -0.3 is 15.5 Å². The van der Waals surface area contributed by atoms with Crippen LogP contribution in [0.4, 0.5) is 4.79 Å². The molecule has 0 saturated carbocycles. The summed E-state index contributed by atoms with van der Waals surface area (Å²) < 4.78 is 0. The number of rotatable bonds is 2. The fourth-order valence-corrected chi connectivity index (χ4v) is 0.163. The lowest BCUT2D eigenvalue weighted by atomic mass is 10.7.